The highest BCUT2D eigenvalue weighted by atomic mass is 35.5. The monoisotopic (exact) mass is 947 g/mol. The lowest BCUT2D eigenvalue weighted by Gasteiger charge is -2.34. The zero-order chi connectivity index (χ0) is 47.1. The largest absolute Gasteiger partial charge is 0.393 e. The number of carbonyl (C=O) groups excluding carboxylic acids is 2. The number of amides is 2. The predicted octanol–water partition coefficient (Wildman–Crippen LogP) is 8.46. The van der Waals surface area contributed by atoms with E-state index in [4.69, 9.17) is 21.3 Å². The summed E-state index contributed by atoms with van der Waals surface area (Å²) < 4.78 is 25.4. The van der Waals surface area contributed by atoms with Crippen molar-refractivity contribution in [2.45, 2.75) is 108 Å². The van der Waals surface area contributed by atoms with Crippen LogP contribution in [0.1, 0.15) is 100 Å². The standard InChI is InChI=1S/C52H63ClFN9O5/c1-59-47-28-35(11-18-45(47)63(52(59)67)46-19-20-48(65)57-50(46)66)8-7-27-68-26-6-4-2-3-5-21-60-22-24-61(25-23-60)33-36-9-12-37(13-10-36)44-34-62(41-14-16-42(64)17-15-41)49-43(44)32-55-51(58-49)56-40-30-38(53)29-39(54)31-40/h9-13,18,28-32,34,41-42,46,64H,2-8,14-17,19-27,33H2,1H3,(H,55,56,58)(H,57,65,66). The molecule has 14 nitrogen and oxygen atoms in total. The summed E-state index contributed by atoms with van der Waals surface area (Å²) in [5.41, 5.74) is 7.13. The van der Waals surface area contributed by atoms with Crippen LogP contribution in [0.5, 0.6) is 0 Å². The number of aliphatic hydroxyl groups is 1. The molecule has 3 N–H and O–H groups in total. The maximum absolute atomic E-state index is 14.1. The van der Waals surface area contributed by atoms with Crippen LogP contribution in [0.3, 0.4) is 0 Å². The molecule has 9 rings (SSSR count). The lowest BCUT2D eigenvalue weighted by atomic mass is 9.93. The van der Waals surface area contributed by atoms with Gasteiger partial charge in [0.05, 0.1) is 17.1 Å². The smallest absolute Gasteiger partial charge is 0.329 e. The Labute approximate surface area is 401 Å². The van der Waals surface area contributed by atoms with Gasteiger partial charge in [0.15, 0.2) is 0 Å². The van der Waals surface area contributed by atoms with Crippen LogP contribution in [-0.2, 0) is 34.3 Å². The minimum absolute atomic E-state index is 0.210. The third kappa shape index (κ3) is 11.3. The number of hydrogen-bond acceptors (Lipinski definition) is 10. The summed E-state index contributed by atoms with van der Waals surface area (Å²) in [6, 6.07) is 18.6. The molecule has 1 aliphatic carbocycles. The number of aliphatic hydroxyl groups excluding tert-OH is 1. The quantitative estimate of drug-likeness (QED) is 0.0533. The van der Waals surface area contributed by atoms with Gasteiger partial charge < -0.3 is 24.6 Å². The highest BCUT2D eigenvalue weighted by Gasteiger charge is 2.31. The SMILES string of the molecule is Cn1c(=O)n(C2CCC(=O)NC2=O)c2ccc(CCCOCCCCCCCN3CCN(Cc4ccc(-c5cn(C6CCC(O)CC6)c6nc(Nc7cc(F)cc(Cl)c7)ncc56)cc4)CC3)cc21. The number of aryl methyl sites for hydroxylation is 2. The van der Waals surface area contributed by atoms with E-state index in [2.05, 4.69) is 60.4 Å². The molecule has 6 aromatic rings. The topological polar surface area (TPSA) is 152 Å². The first-order valence-electron chi connectivity index (χ1n) is 24.5. The summed E-state index contributed by atoms with van der Waals surface area (Å²) in [5.74, 6) is -0.783. The zero-order valence-electron chi connectivity index (χ0n) is 39.0. The summed E-state index contributed by atoms with van der Waals surface area (Å²) in [5, 5.41) is 17.0. The zero-order valence-corrected chi connectivity index (χ0v) is 39.7. The van der Waals surface area contributed by atoms with Gasteiger partial charge in [-0.05, 0) is 111 Å². The van der Waals surface area contributed by atoms with E-state index in [1.165, 1.54) is 47.9 Å². The van der Waals surface area contributed by atoms with Crippen LogP contribution in [0.4, 0.5) is 16.0 Å². The number of hydrogen-bond donors (Lipinski definition) is 3. The number of nitrogens with one attached hydrogen (secondary N) is 2. The number of imide groups is 1. The number of ether oxygens (including phenoxy) is 1. The Kier molecular flexibility index (Phi) is 15.3. The van der Waals surface area contributed by atoms with E-state index in [0.29, 0.717) is 35.2 Å². The van der Waals surface area contributed by atoms with Gasteiger partial charge in [0.25, 0.3) is 0 Å². The van der Waals surface area contributed by atoms with Crippen LogP contribution in [0.15, 0.2) is 77.9 Å². The summed E-state index contributed by atoms with van der Waals surface area (Å²) in [4.78, 5) is 51.9. The molecule has 0 bridgehead atoms. The van der Waals surface area contributed by atoms with Crippen LogP contribution in [0, 0.1) is 5.82 Å². The summed E-state index contributed by atoms with van der Waals surface area (Å²) in [6.07, 6.45) is 15.2. The van der Waals surface area contributed by atoms with Crippen LogP contribution in [-0.4, -0.2) is 102 Å². The van der Waals surface area contributed by atoms with E-state index in [1.54, 1.807) is 17.7 Å². The summed E-state index contributed by atoms with van der Waals surface area (Å²) in [7, 11) is 1.72. The first-order valence-corrected chi connectivity index (χ1v) is 24.9. The molecule has 1 unspecified atom stereocenters. The van der Waals surface area contributed by atoms with Crippen LogP contribution < -0.4 is 16.3 Å². The molecule has 16 heteroatoms. The van der Waals surface area contributed by atoms with Crippen molar-refractivity contribution in [2.24, 2.45) is 7.05 Å². The second kappa shape index (κ2) is 21.9. The molecule has 3 aromatic heterocycles. The van der Waals surface area contributed by atoms with Crippen molar-refractivity contribution in [1.82, 2.24) is 38.8 Å². The molecule has 5 heterocycles. The van der Waals surface area contributed by atoms with Crippen molar-refractivity contribution in [3.63, 3.8) is 0 Å². The molecule has 3 aromatic carbocycles. The molecular weight excluding hydrogens is 885 g/mol. The molecule has 1 saturated carbocycles. The Morgan fingerprint density at radius 3 is 2.35 bits per heavy atom. The minimum Gasteiger partial charge on any atom is -0.393 e. The van der Waals surface area contributed by atoms with E-state index >= 15 is 0 Å². The molecule has 0 spiro atoms. The van der Waals surface area contributed by atoms with Gasteiger partial charge >= 0.3 is 5.69 Å². The fourth-order valence-corrected chi connectivity index (χ4v) is 10.5. The van der Waals surface area contributed by atoms with Gasteiger partial charge in [-0.2, -0.15) is 4.98 Å². The van der Waals surface area contributed by atoms with Crippen LogP contribution in [0.2, 0.25) is 5.02 Å². The molecule has 2 saturated heterocycles. The lowest BCUT2D eigenvalue weighted by molar-refractivity contribution is -0.135. The molecule has 3 aliphatic rings. The second-order valence-electron chi connectivity index (χ2n) is 18.9. The van der Waals surface area contributed by atoms with E-state index in [9.17, 15) is 23.9 Å². The minimum atomic E-state index is -0.676. The number of piperazine rings is 1. The Morgan fingerprint density at radius 2 is 1.57 bits per heavy atom. The number of imidazole rings is 1. The number of nitrogens with zero attached hydrogens (tertiary/aromatic N) is 7. The summed E-state index contributed by atoms with van der Waals surface area (Å²) in [6.45, 7) is 7.84. The van der Waals surface area contributed by atoms with Crippen molar-refractivity contribution in [3.05, 3.63) is 106 Å². The molecule has 1 atom stereocenters. The molecule has 360 valence electrons. The second-order valence-corrected chi connectivity index (χ2v) is 19.4. The third-order valence-electron chi connectivity index (χ3n) is 14.1. The Balaban J connectivity index is 0.667. The van der Waals surface area contributed by atoms with Crippen molar-refractivity contribution in [1.29, 1.82) is 0 Å². The van der Waals surface area contributed by atoms with Crippen molar-refractivity contribution in [2.75, 3.05) is 51.3 Å². The van der Waals surface area contributed by atoms with Gasteiger partial charge in [0.1, 0.15) is 17.5 Å². The number of aromatic nitrogens is 5. The molecule has 2 aliphatic heterocycles. The Bertz CT molecular complexity index is 2750. The van der Waals surface area contributed by atoms with E-state index in [1.807, 2.05) is 24.4 Å². The Hall–Kier alpha value is -5.45. The van der Waals surface area contributed by atoms with Gasteiger partial charge in [-0.3, -0.25) is 28.9 Å². The molecular formula is C52H63ClFN9O5. The third-order valence-corrected chi connectivity index (χ3v) is 14.3. The number of fused-ring (bicyclic) bond motifs is 2. The number of halogens is 2. The maximum atomic E-state index is 14.1. The molecule has 3 fully saturated rings. The highest BCUT2D eigenvalue weighted by molar-refractivity contribution is 6.30. The van der Waals surface area contributed by atoms with E-state index in [-0.39, 0.29) is 30.2 Å². The van der Waals surface area contributed by atoms with Gasteiger partial charge in [-0.15, -0.1) is 0 Å². The average molecular weight is 949 g/mol. The summed E-state index contributed by atoms with van der Waals surface area (Å²) >= 11 is 6.11. The molecule has 68 heavy (non-hydrogen) atoms. The number of unbranched alkanes of at least 4 members (excludes halogenated alkanes) is 4. The van der Waals surface area contributed by atoms with Crippen molar-refractivity contribution < 1.29 is 23.8 Å². The normalized spacial score (nSPS) is 19.6. The number of rotatable bonds is 19. The lowest BCUT2D eigenvalue weighted by Crippen LogP contribution is -2.46. The van der Waals surface area contributed by atoms with Gasteiger partial charge in [-0.1, -0.05) is 61.2 Å². The molecule has 2 amide bonds. The van der Waals surface area contributed by atoms with E-state index < -0.39 is 17.8 Å². The number of anilines is 2. The number of piperidine rings is 1. The van der Waals surface area contributed by atoms with Gasteiger partial charge in [0.2, 0.25) is 17.8 Å². The fourth-order valence-electron chi connectivity index (χ4n) is 10.3. The molecule has 0 radical (unpaired) electrons. The van der Waals surface area contributed by atoms with Crippen molar-refractivity contribution in [3.8, 4) is 11.1 Å². The number of carbonyl (C=O) groups is 2. The van der Waals surface area contributed by atoms with Crippen LogP contribution >= 0.6 is 11.6 Å². The fraction of sp³-hybridized carbons (Fsp3) is 0.481. The highest BCUT2D eigenvalue weighted by Crippen LogP contribution is 2.37. The predicted molar refractivity (Wildman–Crippen MR) is 264 cm³/mol. The first-order chi connectivity index (χ1) is 33.1. The van der Waals surface area contributed by atoms with E-state index in [0.717, 1.165) is 124 Å². The van der Waals surface area contributed by atoms with Gasteiger partial charge in [0, 0.05) is 99.5 Å². The van der Waals surface area contributed by atoms with Crippen LogP contribution in [0.25, 0.3) is 33.2 Å². The first kappa shape index (κ1) is 47.6. The number of benzene rings is 3. The average Bonchev–Trinajstić information content (AvgIpc) is 3.82. The van der Waals surface area contributed by atoms with Gasteiger partial charge in [-0.25, -0.2) is 14.2 Å². The Morgan fingerprint density at radius 1 is 0.838 bits per heavy atom. The maximum Gasteiger partial charge on any atom is 0.329 e. The van der Waals surface area contributed by atoms with Crippen molar-refractivity contribution >= 4 is 57.1 Å².